The summed E-state index contributed by atoms with van der Waals surface area (Å²) in [6.07, 6.45) is 2.96. The van der Waals surface area contributed by atoms with E-state index in [2.05, 4.69) is 37.5 Å². The van der Waals surface area contributed by atoms with Gasteiger partial charge in [0, 0.05) is 26.2 Å². The third kappa shape index (κ3) is 5.68. The van der Waals surface area contributed by atoms with Crippen LogP contribution in [0.25, 0.3) is 0 Å². The van der Waals surface area contributed by atoms with Crippen molar-refractivity contribution in [2.75, 3.05) is 45.9 Å². The highest BCUT2D eigenvalue weighted by atomic mass is 16.5. The highest BCUT2D eigenvalue weighted by molar-refractivity contribution is 4.74. The monoisotopic (exact) mass is 256 g/mol. The Hall–Kier alpha value is -0.120. The Bertz CT molecular complexity index is 203. The van der Waals surface area contributed by atoms with Crippen molar-refractivity contribution in [2.45, 2.75) is 46.6 Å². The normalized spacial score (nSPS) is 22.0. The van der Waals surface area contributed by atoms with Crippen molar-refractivity contribution in [2.24, 2.45) is 5.92 Å². The van der Waals surface area contributed by atoms with Crippen LogP contribution in [0.1, 0.15) is 40.5 Å². The first-order valence-corrected chi connectivity index (χ1v) is 7.73. The topological polar surface area (TPSA) is 15.7 Å². The molecule has 0 aromatic carbocycles. The molecular formula is C15H32N2O. The molecule has 1 heterocycles. The Morgan fingerprint density at radius 1 is 1.17 bits per heavy atom. The predicted molar refractivity (Wildman–Crippen MR) is 78.0 cm³/mol. The molecule has 1 fully saturated rings. The fraction of sp³-hybridized carbons (Fsp3) is 1.00. The average Bonchev–Trinajstić information content (AvgIpc) is 2.37. The van der Waals surface area contributed by atoms with Gasteiger partial charge in [0.1, 0.15) is 0 Å². The molecule has 3 heteroatoms. The van der Waals surface area contributed by atoms with Gasteiger partial charge >= 0.3 is 0 Å². The van der Waals surface area contributed by atoms with Gasteiger partial charge in [-0.2, -0.15) is 0 Å². The van der Waals surface area contributed by atoms with Crippen LogP contribution in [0.15, 0.2) is 0 Å². The lowest BCUT2D eigenvalue weighted by Gasteiger charge is -2.36. The molecule has 1 aliphatic heterocycles. The summed E-state index contributed by atoms with van der Waals surface area (Å²) in [7, 11) is 0. The quantitative estimate of drug-likeness (QED) is 0.663. The third-order valence-corrected chi connectivity index (χ3v) is 3.73. The first-order chi connectivity index (χ1) is 8.67. The summed E-state index contributed by atoms with van der Waals surface area (Å²) in [6, 6.07) is 0. The van der Waals surface area contributed by atoms with Gasteiger partial charge in [-0.25, -0.2) is 0 Å². The van der Waals surface area contributed by atoms with Crippen LogP contribution in [0.5, 0.6) is 0 Å². The molecule has 0 N–H and O–H groups in total. The Labute approximate surface area is 113 Å². The van der Waals surface area contributed by atoms with Crippen LogP contribution in [-0.4, -0.2) is 61.8 Å². The van der Waals surface area contributed by atoms with E-state index in [1.54, 1.807) is 0 Å². The van der Waals surface area contributed by atoms with E-state index in [1.807, 2.05) is 0 Å². The van der Waals surface area contributed by atoms with E-state index in [0.29, 0.717) is 12.0 Å². The predicted octanol–water partition coefficient (Wildman–Crippen LogP) is 2.47. The zero-order valence-electron chi connectivity index (χ0n) is 12.8. The summed E-state index contributed by atoms with van der Waals surface area (Å²) >= 11 is 0. The Morgan fingerprint density at radius 3 is 2.39 bits per heavy atom. The third-order valence-electron chi connectivity index (χ3n) is 3.73. The van der Waals surface area contributed by atoms with Crippen LogP contribution in [0.3, 0.4) is 0 Å². The molecule has 1 rings (SSSR count). The summed E-state index contributed by atoms with van der Waals surface area (Å²) in [6.45, 7) is 17.1. The van der Waals surface area contributed by atoms with Crippen molar-refractivity contribution >= 4 is 0 Å². The van der Waals surface area contributed by atoms with Gasteiger partial charge in [-0.1, -0.05) is 27.7 Å². The fourth-order valence-corrected chi connectivity index (χ4v) is 2.59. The molecule has 0 aromatic heterocycles. The standard InChI is InChI=1S/C15H32N2O/c1-5-7-16(8-6-2)9-10-17-11-12-18-15(13-17)14(3)4/h14-15H,5-13H2,1-4H3. The average molecular weight is 256 g/mol. The Morgan fingerprint density at radius 2 is 1.83 bits per heavy atom. The number of morpholine rings is 1. The minimum atomic E-state index is 0.435. The lowest BCUT2D eigenvalue weighted by Crippen LogP contribution is -2.47. The molecular weight excluding hydrogens is 224 g/mol. The lowest BCUT2D eigenvalue weighted by atomic mass is 10.1. The summed E-state index contributed by atoms with van der Waals surface area (Å²) in [5.41, 5.74) is 0. The molecule has 18 heavy (non-hydrogen) atoms. The molecule has 1 unspecified atom stereocenters. The van der Waals surface area contributed by atoms with Crippen LogP contribution in [0, 0.1) is 5.92 Å². The van der Waals surface area contributed by atoms with Gasteiger partial charge in [-0.05, 0) is 31.8 Å². The minimum absolute atomic E-state index is 0.435. The number of hydrogen-bond donors (Lipinski definition) is 0. The van der Waals surface area contributed by atoms with Gasteiger partial charge in [-0.3, -0.25) is 4.90 Å². The first kappa shape index (κ1) is 15.9. The highest BCUT2D eigenvalue weighted by Gasteiger charge is 2.22. The molecule has 0 amide bonds. The highest BCUT2D eigenvalue weighted by Crippen LogP contribution is 2.13. The zero-order chi connectivity index (χ0) is 13.4. The molecule has 1 aliphatic rings. The van der Waals surface area contributed by atoms with Crippen molar-refractivity contribution in [3.8, 4) is 0 Å². The molecule has 0 aromatic rings. The molecule has 0 bridgehead atoms. The maximum atomic E-state index is 5.82. The second kappa shape index (κ2) is 8.89. The van der Waals surface area contributed by atoms with E-state index in [-0.39, 0.29) is 0 Å². The van der Waals surface area contributed by atoms with Crippen LogP contribution >= 0.6 is 0 Å². The molecule has 0 spiro atoms. The van der Waals surface area contributed by atoms with E-state index in [0.717, 1.165) is 19.7 Å². The Balaban J connectivity index is 2.28. The molecule has 108 valence electrons. The zero-order valence-corrected chi connectivity index (χ0v) is 12.8. The molecule has 1 atom stereocenters. The van der Waals surface area contributed by atoms with E-state index >= 15 is 0 Å². The Kier molecular flexibility index (Phi) is 7.87. The van der Waals surface area contributed by atoms with Crippen molar-refractivity contribution in [1.29, 1.82) is 0 Å². The maximum Gasteiger partial charge on any atom is 0.0725 e. The smallest absolute Gasteiger partial charge is 0.0725 e. The van der Waals surface area contributed by atoms with Crippen molar-refractivity contribution in [1.82, 2.24) is 9.80 Å². The van der Waals surface area contributed by atoms with Crippen molar-refractivity contribution in [3.05, 3.63) is 0 Å². The van der Waals surface area contributed by atoms with E-state index in [4.69, 9.17) is 4.74 Å². The van der Waals surface area contributed by atoms with Crippen LogP contribution in [-0.2, 0) is 4.74 Å². The number of hydrogen-bond acceptors (Lipinski definition) is 3. The summed E-state index contributed by atoms with van der Waals surface area (Å²) in [4.78, 5) is 5.17. The molecule has 3 nitrogen and oxygen atoms in total. The van der Waals surface area contributed by atoms with Gasteiger partial charge in [0.05, 0.1) is 12.7 Å². The molecule has 0 aliphatic carbocycles. The second-order valence-electron chi connectivity index (χ2n) is 5.80. The van der Waals surface area contributed by atoms with Crippen molar-refractivity contribution < 1.29 is 4.74 Å². The van der Waals surface area contributed by atoms with Gasteiger partial charge in [-0.15, -0.1) is 0 Å². The first-order valence-electron chi connectivity index (χ1n) is 7.73. The van der Waals surface area contributed by atoms with Gasteiger partial charge in [0.2, 0.25) is 0 Å². The van der Waals surface area contributed by atoms with Crippen molar-refractivity contribution in [3.63, 3.8) is 0 Å². The molecule has 0 radical (unpaired) electrons. The van der Waals surface area contributed by atoms with E-state index in [1.165, 1.54) is 39.0 Å². The van der Waals surface area contributed by atoms with E-state index in [9.17, 15) is 0 Å². The van der Waals surface area contributed by atoms with Crippen LogP contribution in [0.2, 0.25) is 0 Å². The summed E-state index contributed by atoms with van der Waals surface area (Å²) in [5, 5.41) is 0. The molecule has 1 saturated heterocycles. The summed E-state index contributed by atoms with van der Waals surface area (Å²) < 4.78 is 5.82. The van der Waals surface area contributed by atoms with Gasteiger partial charge in [0.25, 0.3) is 0 Å². The number of nitrogens with zero attached hydrogens (tertiary/aromatic N) is 2. The number of rotatable bonds is 8. The van der Waals surface area contributed by atoms with Gasteiger partial charge < -0.3 is 9.64 Å². The minimum Gasteiger partial charge on any atom is -0.375 e. The summed E-state index contributed by atoms with van der Waals surface area (Å²) in [5.74, 6) is 0.634. The fourth-order valence-electron chi connectivity index (χ4n) is 2.59. The van der Waals surface area contributed by atoms with Crippen LogP contribution in [0.4, 0.5) is 0 Å². The largest absolute Gasteiger partial charge is 0.375 e. The maximum absolute atomic E-state index is 5.82. The molecule has 0 saturated carbocycles. The lowest BCUT2D eigenvalue weighted by molar-refractivity contribution is -0.0519. The number of ether oxygens (including phenoxy) is 1. The SMILES string of the molecule is CCCN(CCC)CCN1CCOC(C(C)C)C1. The van der Waals surface area contributed by atoms with Gasteiger partial charge in [0.15, 0.2) is 0 Å². The van der Waals surface area contributed by atoms with E-state index < -0.39 is 0 Å². The second-order valence-corrected chi connectivity index (χ2v) is 5.80. The van der Waals surface area contributed by atoms with Crippen LogP contribution < -0.4 is 0 Å².